The lowest BCUT2D eigenvalue weighted by Crippen LogP contribution is -2.15. The van der Waals surface area contributed by atoms with Crippen LogP contribution in [0, 0.1) is 18.3 Å². The van der Waals surface area contributed by atoms with Crippen molar-refractivity contribution < 1.29 is 4.74 Å². The number of nitrogens with one attached hydrogen (secondary N) is 1. The van der Waals surface area contributed by atoms with Crippen molar-refractivity contribution in [3.8, 4) is 5.75 Å². The van der Waals surface area contributed by atoms with Gasteiger partial charge in [-0.1, -0.05) is 24.5 Å². The number of amidine groups is 1. The Labute approximate surface area is 102 Å². The predicted molar refractivity (Wildman–Crippen MR) is 69.6 cm³/mol. The molecule has 0 atom stereocenters. The molecule has 0 aliphatic heterocycles. The highest BCUT2D eigenvalue weighted by atomic mass is 16.5. The van der Waals surface area contributed by atoms with Crippen molar-refractivity contribution in [2.75, 3.05) is 6.61 Å². The molecule has 1 aromatic carbocycles. The van der Waals surface area contributed by atoms with E-state index in [1.54, 1.807) is 0 Å². The highest BCUT2D eigenvalue weighted by Gasteiger charge is 2.16. The number of nitrogen functional groups attached to an aromatic ring is 1. The van der Waals surface area contributed by atoms with Crippen molar-refractivity contribution in [3.63, 3.8) is 0 Å². The van der Waals surface area contributed by atoms with Gasteiger partial charge in [-0.25, -0.2) is 0 Å². The third kappa shape index (κ3) is 2.99. The molecule has 0 bridgehead atoms. The second-order valence-electron chi connectivity index (χ2n) is 4.87. The van der Waals surface area contributed by atoms with Crippen molar-refractivity contribution in [1.82, 2.24) is 0 Å². The molecule has 17 heavy (non-hydrogen) atoms. The first-order chi connectivity index (χ1) is 8.16. The van der Waals surface area contributed by atoms with Gasteiger partial charge in [0.25, 0.3) is 0 Å². The van der Waals surface area contributed by atoms with E-state index in [1.165, 1.54) is 25.7 Å². The molecule has 92 valence electrons. The molecule has 2 rings (SSSR count). The van der Waals surface area contributed by atoms with E-state index in [4.69, 9.17) is 15.9 Å². The Bertz CT molecular complexity index is 409. The third-order valence-corrected chi connectivity index (χ3v) is 3.37. The summed E-state index contributed by atoms with van der Waals surface area (Å²) in [6.07, 6.45) is 5.17. The molecule has 3 nitrogen and oxygen atoms in total. The molecule has 1 fully saturated rings. The second-order valence-corrected chi connectivity index (χ2v) is 4.87. The molecule has 0 radical (unpaired) electrons. The smallest absolute Gasteiger partial charge is 0.130 e. The van der Waals surface area contributed by atoms with E-state index >= 15 is 0 Å². The zero-order valence-electron chi connectivity index (χ0n) is 10.3. The Morgan fingerprint density at radius 1 is 1.41 bits per heavy atom. The summed E-state index contributed by atoms with van der Waals surface area (Å²) in [5.74, 6) is 1.50. The summed E-state index contributed by atoms with van der Waals surface area (Å²) in [6, 6.07) is 5.82. The summed E-state index contributed by atoms with van der Waals surface area (Å²) >= 11 is 0. The van der Waals surface area contributed by atoms with Crippen molar-refractivity contribution in [3.05, 3.63) is 29.3 Å². The minimum atomic E-state index is 0.0788. The molecule has 0 amide bonds. The minimum absolute atomic E-state index is 0.0788. The van der Waals surface area contributed by atoms with Gasteiger partial charge in [-0.15, -0.1) is 0 Å². The highest BCUT2D eigenvalue weighted by molar-refractivity contribution is 5.97. The second kappa shape index (κ2) is 5.21. The maximum atomic E-state index is 7.56. The molecule has 0 heterocycles. The monoisotopic (exact) mass is 232 g/mol. The van der Waals surface area contributed by atoms with Crippen LogP contribution in [0.1, 0.15) is 36.8 Å². The van der Waals surface area contributed by atoms with Crippen molar-refractivity contribution in [2.24, 2.45) is 11.7 Å². The fourth-order valence-electron chi connectivity index (χ4n) is 2.36. The van der Waals surface area contributed by atoms with Crippen LogP contribution in [-0.4, -0.2) is 12.4 Å². The van der Waals surface area contributed by atoms with Gasteiger partial charge in [-0.3, -0.25) is 5.41 Å². The zero-order chi connectivity index (χ0) is 12.3. The molecule has 0 spiro atoms. The molecule has 1 aromatic rings. The van der Waals surface area contributed by atoms with Gasteiger partial charge >= 0.3 is 0 Å². The summed E-state index contributed by atoms with van der Waals surface area (Å²) in [5.41, 5.74) is 7.38. The van der Waals surface area contributed by atoms with Crippen LogP contribution in [0.25, 0.3) is 0 Å². The first kappa shape index (κ1) is 12.0. The largest absolute Gasteiger partial charge is 0.493 e. The van der Waals surface area contributed by atoms with Crippen molar-refractivity contribution >= 4 is 5.84 Å². The van der Waals surface area contributed by atoms with Crippen LogP contribution in [0.5, 0.6) is 5.75 Å². The number of hydrogen-bond donors (Lipinski definition) is 2. The van der Waals surface area contributed by atoms with E-state index in [1.807, 2.05) is 25.1 Å². The number of benzene rings is 1. The van der Waals surface area contributed by atoms with E-state index < -0.39 is 0 Å². The minimum Gasteiger partial charge on any atom is -0.493 e. The fraction of sp³-hybridized carbons (Fsp3) is 0.500. The van der Waals surface area contributed by atoms with Gasteiger partial charge in [0.15, 0.2) is 0 Å². The number of hydrogen-bond acceptors (Lipinski definition) is 2. The van der Waals surface area contributed by atoms with Gasteiger partial charge in [-0.05, 0) is 37.8 Å². The van der Waals surface area contributed by atoms with Crippen LogP contribution in [0.15, 0.2) is 18.2 Å². The third-order valence-electron chi connectivity index (χ3n) is 3.37. The van der Waals surface area contributed by atoms with E-state index in [2.05, 4.69) is 0 Å². The lowest BCUT2D eigenvalue weighted by atomic mass is 10.1. The summed E-state index contributed by atoms with van der Waals surface area (Å²) in [4.78, 5) is 0. The van der Waals surface area contributed by atoms with E-state index in [0.717, 1.165) is 17.9 Å². The zero-order valence-corrected chi connectivity index (χ0v) is 10.3. The van der Waals surface area contributed by atoms with E-state index in [-0.39, 0.29) is 5.84 Å². The Balaban J connectivity index is 2.06. The number of aryl methyl sites for hydroxylation is 1. The number of nitrogens with two attached hydrogens (primary N) is 1. The molecular weight excluding hydrogens is 212 g/mol. The molecule has 3 N–H and O–H groups in total. The molecule has 0 aromatic heterocycles. The van der Waals surface area contributed by atoms with Crippen molar-refractivity contribution in [1.29, 1.82) is 5.41 Å². The average Bonchev–Trinajstić information content (AvgIpc) is 2.80. The molecule has 0 unspecified atom stereocenters. The standard InChI is InChI=1S/C14H20N2O/c1-10-6-7-13(12(8-10)14(15)16)17-9-11-4-2-3-5-11/h6-8,11H,2-5,9H2,1H3,(H3,15,16). The predicted octanol–water partition coefficient (Wildman–Crippen LogP) is 2.85. The van der Waals surface area contributed by atoms with Crippen LogP contribution in [0.2, 0.25) is 0 Å². The Morgan fingerprint density at radius 3 is 2.76 bits per heavy atom. The van der Waals surface area contributed by atoms with Crippen LogP contribution >= 0.6 is 0 Å². The molecular formula is C14H20N2O. The summed E-state index contributed by atoms with van der Waals surface area (Å²) < 4.78 is 5.82. The number of rotatable bonds is 4. The SMILES string of the molecule is Cc1ccc(OCC2CCCC2)c(C(=N)N)c1. The lowest BCUT2D eigenvalue weighted by molar-refractivity contribution is 0.251. The number of ether oxygens (including phenoxy) is 1. The summed E-state index contributed by atoms with van der Waals surface area (Å²) in [7, 11) is 0. The Hall–Kier alpha value is -1.51. The van der Waals surface area contributed by atoms with E-state index in [9.17, 15) is 0 Å². The average molecular weight is 232 g/mol. The maximum Gasteiger partial charge on any atom is 0.130 e. The normalized spacial score (nSPS) is 16.1. The topological polar surface area (TPSA) is 59.1 Å². The molecule has 1 aliphatic carbocycles. The molecule has 1 aliphatic rings. The first-order valence-electron chi connectivity index (χ1n) is 6.24. The fourth-order valence-corrected chi connectivity index (χ4v) is 2.36. The maximum absolute atomic E-state index is 7.56. The molecule has 0 saturated heterocycles. The Morgan fingerprint density at radius 2 is 2.12 bits per heavy atom. The van der Waals surface area contributed by atoms with Gasteiger partial charge in [0.1, 0.15) is 11.6 Å². The van der Waals surface area contributed by atoms with E-state index in [0.29, 0.717) is 11.5 Å². The van der Waals surface area contributed by atoms with Gasteiger partial charge in [0, 0.05) is 0 Å². The highest BCUT2D eigenvalue weighted by Crippen LogP contribution is 2.27. The van der Waals surface area contributed by atoms with Gasteiger partial charge in [-0.2, -0.15) is 0 Å². The first-order valence-corrected chi connectivity index (χ1v) is 6.24. The summed E-state index contributed by atoms with van der Waals surface area (Å²) in [5, 5.41) is 7.56. The van der Waals surface area contributed by atoms with Crippen molar-refractivity contribution in [2.45, 2.75) is 32.6 Å². The summed E-state index contributed by atoms with van der Waals surface area (Å²) in [6.45, 7) is 2.75. The van der Waals surface area contributed by atoms with Crippen LogP contribution < -0.4 is 10.5 Å². The van der Waals surface area contributed by atoms with Gasteiger partial charge in [0.2, 0.25) is 0 Å². The van der Waals surface area contributed by atoms with Crippen LogP contribution in [0.4, 0.5) is 0 Å². The lowest BCUT2D eigenvalue weighted by Gasteiger charge is -2.14. The molecule has 1 saturated carbocycles. The molecule has 3 heteroatoms. The Kier molecular flexibility index (Phi) is 3.67. The van der Waals surface area contributed by atoms with Crippen LogP contribution in [-0.2, 0) is 0 Å². The quantitative estimate of drug-likeness (QED) is 0.619. The van der Waals surface area contributed by atoms with Crippen LogP contribution in [0.3, 0.4) is 0 Å². The van der Waals surface area contributed by atoms with Gasteiger partial charge < -0.3 is 10.5 Å². The van der Waals surface area contributed by atoms with Gasteiger partial charge in [0.05, 0.1) is 12.2 Å².